The molecule has 3 heterocycles. The summed E-state index contributed by atoms with van der Waals surface area (Å²) in [5.41, 5.74) is 1.53. The van der Waals surface area contributed by atoms with Crippen LogP contribution in [0.1, 0.15) is 88.2 Å². The van der Waals surface area contributed by atoms with Crippen molar-refractivity contribution in [3.8, 4) is 17.6 Å². The Labute approximate surface area is 313 Å². The number of hydrogen-bond donors (Lipinski definition) is 2. The molecule has 2 N–H and O–H groups in total. The SMILES string of the molecule is C[C@@H]1[C@@H](C)C/C=C/[C@](O)(C#CCCc2ccccn2)[C@@H]2CC[C@H]2CN2C[C@@]3(CCCC4=CC(Cl)=CCC43C)COc3ccc(cc32)C(=O)NS1(=O)=O. The number of hydrogen-bond acceptors (Lipinski definition) is 7. The number of halogens is 1. The van der Waals surface area contributed by atoms with E-state index in [0.717, 1.165) is 54.9 Å². The average molecular weight is 744 g/mol. The molecule has 10 heteroatoms. The third-order valence-corrected chi connectivity index (χ3v) is 15.1. The number of aryl methyl sites for hydroxylation is 1. The molecule has 1 aromatic heterocycles. The second-order valence-electron chi connectivity index (χ2n) is 16.0. The lowest BCUT2D eigenvalue weighted by atomic mass is 9.52. The molecule has 8 nitrogen and oxygen atoms in total. The van der Waals surface area contributed by atoms with Crippen LogP contribution in [0.4, 0.5) is 5.69 Å². The van der Waals surface area contributed by atoms with E-state index in [1.54, 1.807) is 31.3 Å². The monoisotopic (exact) mass is 743 g/mol. The zero-order valence-electron chi connectivity index (χ0n) is 30.4. The predicted octanol–water partition coefficient (Wildman–Crippen LogP) is 7.35. The van der Waals surface area contributed by atoms with Gasteiger partial charge in [-0.3, -0.25) is 9.78 Å². The molecule has 7 rings (SSSR count). The van der Waals surface area contributed by atoms with Gasteiger partial charge in [0.2, 0.25) is 10.0 Å². The van der Waals surface area contributed by atoms with Crippen molar-refractivity contribution in [3.05, 3.63) is 88.8 Å². The van der Waals surface area contributed by atoms with Gasteiger partial charge in [0.05, 0.1) is 17.5 Å². The minimum Gasteiger partial charge on any atom is -0.491 e. The van der Waals surface area contributed by atoms with Gasteiger partial charge in [0.1, 0.15) is 11.4 Å². The molecule has 0 radical (unpaired) electrons. The fraction of sp³-hybridized carbons (Fsp3) is 0.524. The number of nitrogens with zero attached hydrogens (tertiary/aromatic N) is 2. The van der Waals surface area contributed by atoms with Crippen molar-refractivity contribution in [2.24, 2.45) is 28.6 Å². The van der Waals surface area contributed by atoms with E-state index in [1.165, 1.54) is 5.57 Å². The molecule has 3 aliphatic carbocycles. The number of aromatic nitrogens is 1. The number of pyridine rings is 1. The maximum Gasteiger partial charge on any atom is 0.264 e. The number of allylic oxidation sites excluding steroid dienone is 5. The Morgan fingerprint density at radius 3 is 2.81 bits per heavy atom. The summed E-state index contributed by atoms with van der Waals surface area (Å²) in [6.45, 7) is 7.64. The van der Waals surface area contributed by atoms with Gasteiger partial charge in [-0.1, -0.05) is 61.1 Å². The molecule has 1 unspecified atom stereocenters. The first-order valence-electron chi connectivity index (χ1n) is 18.8. The normalized spacial score (nSPS) is 34.7. The maximum absolute atomic E-state index is 13.6. The Kier molecular flexibility index (Phi) is 10.1. The summed E-state index contributed by atoms with van der Waals surface area (Å²) in [5, 5.41) is 12.4. The number of sulfonamides is 1. The third kappa shape index (κ3) is 6.95. The van der Waals surface area contributed by atoms with E-state index < -0.39 is 26.8 Å². The van der Waals surface area contributed by atoms with Crippen molar-refractivity contribution in [1.82, 2.24) is 9.71 Å². The summed E-state index contributed by atoms with van der Waals surface area (Å²) in [5.74, 6) is 6.25. The highest BCUT2D eigenvalue weighted by Crippen LogP contribution is 2.60. The van der Waals surface area contributed by atoms with Crippen LogP contribution in [0.15, 0.2) is 77.5 Å². The summed E-state index contributed by atoms with van der Waals surface area (Å²) in [6.07, 6.45) is 16.9. The van der Waals surface area contributed by atoms with Gasteiger partial charge in [0, 0.05) is 65.2 Å². The molecule has 276 valence electrons. The van der Waals surface area contributed by atoms with Crippen molar-refractivity contribution in [3.63, 3.8) is 0 Å². The first-order valence-corrected chi connectivity index (χ1v) is 20.7. The van der Waals surface area contributed by atoms with Crippen molar-refractivity contribution in [1.29, 1.82) is 0 Å². The Morgan fingerprint density at radius 2 is 2.04 bits per heavy atom. The number of amides is 1. The van der Waals surface area contributed by atoms with E-state index in [9.17, 15) is 18.3 Å². The van der Waals surface area contributed by atoms with Crippen LogP contribution in [0, 0.1) is 40.4 Å². The Bertz CT molecular complexity index is 1970. The number of carbonyl (C=O) groups excluding carboxylic acids is 1. The van der Waals surface area contributed by atoms with Crippen molar-refractivity contribution < 1.29 is 23.1 Å². The zero-order valence-corrected chi connectivity index (χ0v) is 32.0. The molecular formula is C42H50ClN3O5S. The van der Waals surface area contributed by atoms with Gasteiger partial charge >= 0.3 is 0 Å². The second-order valence-corrected chi connectivity index (χ2v) is 18.4. The fourth-order valence-corrected chi connectivity index (χ4v) is 10.6. The van der Waals surface area contributed by atoms with Gasteiger partial charge in [0.15, 0.2) is 0 Å². The smallest absolute Gasteiger partial charge is 0.264 e. The highest BCUT2D eigenvalue weighted by molar-refractivity contribution is 7.90. The third-order valence-electron chi connectivity index (χ3n) is 12.9. The molecule has 5 aliphatic rings. The van der Waals surface area contributed by atoms with E-state index in [2.05, 4.69) is 45.5 Å². The van der Waals surface area contributed by atoms with Crippen LogP contribution < -0.4 is 14.4 Å². The van der Waals surface area contributed by atoms with Crippen molar-refractivity contribution in [2.45, 2.75) is 89.4 Å². The van der Waals surface area contributed by atoms with Gasteiger partial charge in [-0.25, -0.2) is 13.1 Å². The Morgan fingerprint density at radius 1 is 1.19 bits per heavy atom. The maximum atomic E-state index is 13.6. The molecule has 7 atom stereocenters. The number of carbonyl (C=O) groups is 1. The van der Waals surface area contributed by atoms with Gasteiger partial charge in [-0.05, 0) is 106 Å². The number of benzene rings is 1. The summed E-state index contributed by atoms with van der Waals surface area (Å²) < 4.78 is 36.1. The molecule has 2 saturated carbocycles. The van der Waals surface area contributed by atoms with Gasteiger partial charge in [-0.2, -0.15) is 0 Å². The standard InChI is InChI=1S/C42H50ClN3O5S/c1-29-10-8-21-42(48,20-6-4-12-35-13-5-7-23-44-35)36-16-14-32(36)26-46-27-41(19-9-11-33-25-34(43)18-22-40(33,41)3)28-51-38-17-15-31(24-37(38)46)39(47)45-52(49,50)30(29)2/h5,7-8,13,15,17-18,21,23-25,29-30,32,36,48H,4,9-12,14,16,19,22,26-28H2,1-3H3,(H,45,47)/b21-8+/t29-,30+,32-,36+,40?,41-,42+/m0/s1. The average Bonchev–Trinajstić information content (AvgIpc) is 3.26. The number of aliphatic hydroxyl groups is 1. The van der Waals surface area contributed by atoms with E-state index in [4.69, 9.17) is 16.3 Å². The van der Waals surface area contributed by atoms with Crippen molar-refractivity contribution >= 4 is 33.2 Å². The molecule has 2 aliphatic heterocycles. The van der Waals surface area contributed by atoms with Crippen LogP contribution in [0.3, 0.4) is 0 Å². The minimum atomic E-state index is -4.00. The molecule has 1 spiro atoms. The number of anilines is 1. The molecule has 1 aromatic carbocycles. The Hall–Kier alpha value is -3.58. The molecule has 0 saturated heterocycles. The van der Waals surface area contributed by atoms with Crippen molar-refractivity contribution in [2.75, 3.05) is 24.6 Å². The van der Waals surface area contributed by atoms with Gasteiger partial charge in [-0.15, -0.1) is 0 Å². The fourth-order valence-electron chi connectivity index (χ4n) is 9.09. The van der Waals surface area contributed by atoms with E-state index in [1.807, 2.05) is 37.3 Å². The lowest BCUT2D eigenvalue weighted by Gasteiger charge is -2.55. The molecule has 2 aromatic rings. The first kappa shape index (κ1) is 36.8. The van der Waals surface area contributed by atoms with Crippen LogP contribution in [0.5, 0.6) is 5.75 Å². The topological polar surface area (TPSA) is 109 Å². The lowest BCUT2D eigenvalue weighted by molar-refractivity contribution is -0.00927. The van der Waals surface area contributed by atoms with Gasteiger partial charge < -0.3 is 14.7 Å². The number of nitrogens with one attached hydrogen (secondary N) is 1. The molecule has 1 amide bonds. The van der Waals surface area contributed by atoms with E-state index in [-0.39, 0.29) is 34.1 Å². The first-order chi connectivity index (χ1) is 24.8. The summed E-state index contributed by atoms with van der Waals surface area (Å²) in [6, 6.07) is 11.1. The number of ether oxygens (including phenoxy) is 1. The molecule has 2 fully saturated rings. The quantitative estimate of drug-likeness (QED) is 0.245. The largest absolute Gasteiger partial charge is 0.491 e. The van der Waals surface area contributed by atoms with Crippen LogP contribution in [0.2, 0.25) is 0 Å². The van der Waals surface area contributed by atoms with Crippen LogP contribution in [-0.2, 0) is 16.4 Å². The van der Waals surface area contributed by atoms with Crippen LogP contribution in [0.25, 0.3) is 0 Å². The molecule has 2 bridgehead atoms. The number of rotatable bonds is 2. The molecular weight excluding hydrogens is 694 g/mol. The predicted molar refractivity (Wildman–Crippen MR) is 205 cm³/mol. The van der Waals surface area contributed by atoms with E-state index >= 15 is 0 Å². The zero-order chi connectivity index (χ0) is 36.7. The highest BCUT2D eigenvalue weighted by atomic mass is 35.5. The summed E-state index contributed by atoms with van der Waals surface area (Å²) >= 11 is 6.56. The molecule has 52 heavy (non-hydrogen) atoms. The summed E-state index contributed by atoms with van der Waals surface area (Å²) in [7, 11) is -4.00. The minimum absolute atomic E-state index is 0.122. The number of fused-ring (bicyclic) bond motifs is 4. The second kappa shape index (κ2) is 14.3. The van der Waals surface area contributed by atoms with Crippen LogP contribution in [-0.4, -0.2) is 55.0 Å². The van der Waals surface area contributed by atoms with Gasteiger partial charge in [0.25, 0.3) is 5.91 Å². The highest BCUT2D eigenvalue weighted by Gasteiger charge is 2.55. The summed E-state index contributed by atoms with van der Waals surface area (Å²) in [4.78, 5) is 20.4. The lowest BCUT2D eigenvalue weighted by Crippen LogP contribution is -2.56. The van der Waals surface area contributed by atoms with Crippen LogP contribution >= 0.6 is 11.6 Å². The Balaban J connectivity index is 1.28. The van der Waals surface area contributed by atoms with E-state index in [0.29, 0.717) is 44.7 Å².